The lowest BCUT2D eigenvalue weighted by atomic mass is 10.1. The Morgan fingerprint density at radius 2 is 2.09 bits per heavy atom. The quantitative estimate of drug-likeness (QED) is 0.853. The van der Waals surface area contributed by atoms with Gasteiger partial charge >= 0.3 is 0 Å². The molecule has 0 bridgehead atoms. The Bertz CT molecular complexity index is 695. The molecule has 0 fully saturated rings. The van der Waals surface area contributed by atoms with Crippen molar-refractivity contribution in [2.45, 2.75) is 39.8 Å². The van der Waals surface area contributed by atoms with Crippen molar-refractivity contribution >= 4 is 17.5 Å². The fourth-order valence-corrected chi connectivity index (χ4v) is 2.65. The molecule has 23 heavy (non-hydrogen) atoms. The van der Waals surface area contributed by atoms with E-state index in [2.05, 4.69) is 10.4 Å². The standard InChI is InChI=1S/C17H22ClN3O2/c1-11(22)8-9-19-17(23)16-12(2)20-21(13(16)3)10-14-6-4-5-7-15(14)18/h4-7,11,22H,8-10H2,1-3H3,(H,19,23). The number of aliphatic hydroxyl groups is 1. The highest BCUT2D eigenvalue weighted by Crippen LogP contribution is 2.19. The fourth-order valence-electron chi connectivity index (χ4n) is 2.45. The Hall–Kier alpha value is -1.85. The smallest absolute Gasteiger partial charge is 0.255 e. The highest BCUT2D eigenvalue weighted by Gasteiger charge is 2.18. The third-order valence-corrected chi connectivity index (χ3v) is 4.10. The topological polar surface area (TPSA) is 67.2 Å². The third kappa shape index (κ3) is 4.33. The Morgan fingerprint density at radius 1 is 1.39 bits per heavy atom. The molecule has 2 rings (SSSR count). The highest BCUT2D eigenvalue weighted by molar-refractivity contribution is 6.31. The van der Waals surface area contributed by atoms with E-state index in [9.17, 15) is 9.90 Å². The van der Waals surface area contributed by atoms with Crippen molar-refractivity contribution in [1.82, 2.24) is 15.1 Å². The van der Waals surface area contributed by atoms with E-state index in [1.54, 1.807) is 11.6 Å². The number of rotatable bonds is 6. The van der Waals surface area contributed by atoms with Crippen LogP contribution in [0.5, 0.6) is 0 Å². The normalized spacial score (nSPS) is 12.2. The van der Waals surface area contributed by atoms with Crippen LogP contribution in [0.2, 0.25) is 5.02 Å². The zero-order valence-electron chi connectivity index (χ0n) is 13.6. The maximum Gasteiger partial charge on any atom is 0.255 e. The molecule has 0 aliphatic carbocycles. The van der Waals surface area contributed by atoms with E-state index in [4.69, 9.17) is 11.6 Å². The summed E-state index contributed by atoms with van der Waals surface area (Å²) in [6.45, 7) is 6.35. The Kier molecular flexibility index (Phi) is 5.80. The van der Waals surface area contributed by atoms with Crippen LogP contribution in [0.1, 0.15) is 40.7 Å². The summed E-state index contributed by atoms with van der Waals surface area (Å²) in [5.74, 6) is -0.161. The van der Waals surface area contributed by atoms with E-state index >= 15 is 0 Å². The van der Waals surface area contributed by atoms with Gasteiger partial charge in [-0.25, -0.2) is 0 Å². The molecule has 1 unspecified atom stereocenters. The molecule has 0 radical (unpaired) electrons. The van der Waals surface area contributed by atoms with E-state index in [0.29, 0.717) is 35.8 Å². The van der Waals surface area contributed by atoms with Crippen LogP contribution in [0.15, 0.2) is 24.3 Å². The number of hydrogen-bond donors (Lipinski definition) is 2. The van der Waals surface area contributed by atoms with Gasteiger partial charge in [-0.15, -0.1) is 0 Å². The molecular formula is C17H22ClN3O2. The molecule has 1 heterocycles. The molecule has 1 aromatic heterocycles. The number of amides is 1. The van der Waals surface area contributed by atoms with Crippen LogP contribution >= 0.6 is 11.6 Å². The first-order valence-electron chi connectivity index (χ1n) is 7.63. The van der Waals surface area contributed by atoms with Gasteiger partial charge in [0.25, 0.3) is 5.91 Å². The van der Waals surface area contributed by atoms with Crippen molar-refractivity contribution in [3.05, 3.63) is 51.8 Å². The second-order valence-electron chi connectivity index (χ2n) is 5.69. The lowest BCUT2D eigenvalue weighted by Crippen LogP contribution is -2.27. The maximum atomic E-state index is 12.3. The molecule has 0 saturated carbocycles. The summed E-state index contributed by atoms with van der Waals surface area (Å²) in [5, 5.41) is 17.2. The van der Waals surface area contributed by atoms with Crippen LogP contribution in [0, 0.1) is 13.8 Å². The van der Waals surface area contributed by atoms with Gasteiger partial charge in [-0.1, -0.05) is 29.8 Å². The van der Waals surface area contributed by atoms with Gasteiger partial charge in [-0.05, 0) is 38.8 Å². The Balaban J connectivity index is 2.16. The minimum Gasteiger partial charge on any atom is -0.393 e. The molecule has 0 aliphatic heterocycles. The van der Waals surface area contributed by atoms with Crippen LogP contribution in [0.25, 0.3) is 0 Å². The van der Waals surface area contributed by atoms with Crippen LogP contribution in [0.3, 0.4) is 0 Å². The summed E-state index contributed by atoms with van der Waals surface area (Å²) in [7, 11) is 0. The van der Waals surface area contributed by atoms with Crippen molar-refractivity contribution in [1.29, 1.82) is 0 Å². The molecule has 1 amide bonds. The summed E-state index contributed by atoms with van der Waals surface area (Å²) in [5.41, 5.74) is 3.03. The average Bonchev–Trinajstić information content (AvgIpc) is 2.75. The summed E-state index contributed by atoms with van der Waals surface area (Å²) >= 11 is 6.19. The second kappa shape index (κ2) is 7.62. The molecule has 2 aromatic rings. The second-order valence-corrected chi connectivity index (χ2v) is 6.10. The summed E-state index contributed by atoms with van der Waals surface area (Å²) in [6.07, 6.45) is 0.0952. The lowest BCUT2D eigenvalue weighted by Gasteiger charge is -2.08. The predicted octanol–water partition coefficient (Wildman–Crippen LogP) is 2.70. The number of halogens is 1. The number of aliphatic hydroxyl groups excluding tert-OH is 1. The zero-order valence-corrected chi connectivity index (χ0v) is 14.4. The number of nitrogens with one attached hydrogen (secondary N) is 1. The van der Waals surface area contributed by atoms with Crippen molar-refractivity contribution in [2.24, 2.45) is 0 Å². The molecule has 6 heteroatoms. The largest absolute Gasteiger partial charge is 0.393 e. The van der Waals surface area contributed by atoms with Gasteiger partial charge in [0.1, 0.15) is 0 Å². The van der Waals surface area contributed by atoms with Gasteiger partial charge in [-0.3, -0.25) is 9.48 Å². The van der Waals surface area contributed by atoms with Crippen LogP contribution < -0.4 is 5.32 Å². The van der Waals surface area contributed by atoms with Crippen LogP contribution in [-0.4, -0.2) is 33.4 Å². The first-order chi connectivity index (χ1) is 10.9. The summed E-state index contributed by atoms with van der Waals surface area (Å²) in [4.78, 5) is 12.3. The van der Waals surface area contributed by atoms with Gasteiger partial charge in [0, 0.05) is 17.3 Å². The van der Waals surface area contributed by atoms with E-state index in [0.717, 1.165) is 11.3 Å². The maximum absolute atomic E-state index is 12.3. The molecule has 0 spiro atoms. The van der Waals surface area contributed by atoms with E-state index in [1.807, 2.05) is 38.1 Å². The SMILES string of the molecule is Cc1nn(Cc2ccccc2Cl)c(C)c1C(=O)NCCC(C)O. The molecule has 1 aromatic carbocycles. The molecule has 0 saturated heterocycles. The zero-order chi connectivity index (χ0) is 17.0. The van der Waals surface area contributed by atoms with Gasteiger partial charge in [0.15, 0.2) is 0 Å². The van der Waals surface area contributed by atoms with Crippen molar-refractivity contribution in [3.8, 4) is 0 Å². The Morgan fingerprint density at radius 3 is 2.74 bits per heavy atom. The molecule has 5 nitrogen and oxygen atoms in total. The average molecular weight is 336 g/mol. The first-order valence-corrected chi connectivity index (χ1v) is 8.01. The van der Waals surface area contributed by atoms with E-state index in [-0.39, 0.29) is 5.91 Å². The molecule has 0 aliphatic rings. The lowest BCUT2D eigenvalue weighted by molar-refractivity contribution is 0.0944. The van der Waals surface area contributed by atoms with Crippen molar-refractivity contribution < 1.29 is 9.90 Å². The minimum atomic E-state index is -0.430. The molecule has 124 valence electrons. The van der Waals surface area contributed by atoms with E-state index in [1.165, 1.54) is 0 Å². The number of hydrogen-bond acceptors (Lipinski definition) is 3. The molecular weight excluding hydrogens is 314 g/mol. The third-order valence-electron chi connectivity index (χ3n) is 3.73. The Labute approximate surface area is 141 Å². The summed E-state index contributed by atoms with van der Waals surface area (Å²) in [6, 6.07) is 7.60. The van der Waals surface area contributed by atoms with Crippen LogP contribution in [-0.2, 0) is 6.54 Å². The van der Waals surface area contributed by atoms with Gasteiger partial charge in [0.2, 0.25) is 0 Å². The molecule has 1 atom stereocenters. The number of carbonyl (C=O) groups excluding carboxylic acids is 1. The van der Waals surface area contributed by atoms with Crippen LogP contribution in [0.4, 0.5) is 0 Å². The predicted molar refractivity (Wildman–Crippen MR) is 90.9 cm³/mol. The number of benzene rings is 1. The highest BCUT2D eigenvalue weighted by atomic mass is 35.5. The van der Waals surface area contributed by atoms with Crippen molar-refractivity contribution in [3.63, 3.8) is 0 Å². The number of nitrogens with zero attached hydrogens (tertiary/aromatic N) is 2. The van der Waals surface area contributed by atoms with Gasteiger partial charge in [-0.2, -0.15) is 5.10 Å². The van der Waals surface area contributed by atoms with E-state index < -0.39 is 6.10 Å². The fraction of sp³-hybridized carbons (Fsp3) is 0.412. The summed E-state index contributed by atoms with van der Waals surface area (Å²) < 4.78 is 1.79. The van der Waals surface area contributed by atoms with Crippen molar-refractivity contribution in [2.75, 3.05) is 6.54 Å². The monoisotopic (exact) mass is 335 g/mol. The molecule has 2 N–H and O–H groups in total. The number of aromatic nitrogens is 2. The number of aryl methyl sites for hydroxylation is 1. The van der Waals surface area contributed by atoms with Gasteiger partial charge < -0.3 is 10.4 Å². The first kappa shape index (κ1) is 17.5. The van der Waals surface area contributed by atoms with Gasteiger partial charge in [0.05, 0.1) is 23.9 Å². The number of carbonyl (C=O) groups is 1. The minimum absolute atomic E-state index is 0.161.